The molecule has 0 N–H and O–H groups in total. The van der Waals surface area contributed by atoms with Crippen LogP contribution in [0.5, 0.6) is 0 Å². The summed E-state index contributed by atoms with van der Waals surface area (Å²) in [5.74, 6) is 1.47. The summed E-state index contributed by atoms with van der Waals surface area (Å²) >= 11 is 4.67. The number of fused-ring (bicyclic) bond motifs is 1. The van der Waals surface area contributed by atoms with Gasteiger partial charge in [0.05, 0.1) is 10.6 Å². The zero-order valence-corrected chi connectivity index (χ0v) is 16.1. The van der Waals surface area contributed by atoms with E-state index in [4.69, 9.17) is 0 Å². The molecule has 0 saturated carbocycles. The van der Waals surface area contributed by atoms with Crippen LogP contribution in [-0.4, -0.2) is 24.1 Å². The number of aromatic nitrogens is 5. The van der Waals surface area contributed by atoms with Crippen molar-refractivity contribution in [3.05, 3.63) is 51.2 Å². The van der Waals surface area contributed by atoms with Crippen molar-refractivity contribution < 1.29 is 0 Å². The first kappa shape index (κ1) is 16.5. The van der Waals surface area contributed by atoms with Crippen molar-refractivity contribution in [2.45, 2.75) is 30.8 Å². The molecule has 0 atom stereocenters. The summed E-state index contributed by atoms with van der Waals surface area (Å²) in [6.07, 6.45) is 1.74. The molecule has 0 spiro atoms. The normalized spacial score (nSPS) is 11.6. The third-order valence-corrected chi connectivity index (χ3v) is 6.23. The standard InChI is InChI=1S/C16H15N5OS3/c1-10(2)21-14(12-4-3-6-23-12)18-19-16(21)25-9-11-8-13(22)20-5-7-24-15(20)17-11/h3-8,10H,9H2,1-2H3. The second kappa shape index (κ2) is 6.74. The predicted octanol–water partition coefficient (Wildman–Crippen LogP) is 3.95. The van der Waals surface area contributed by atoms with Gasteiger partial charge in [0.15, 0.2) is 15.9 Å². The van der Waals surface area contributed by atoms with Crippen LogP contribution in [0.1, 0.15) is 25.6 Å². The summed E-state index contributed by atoms with van der Waals surface area (Å²) in [5, 5.41) is 13.5. The van der Waals surface area contributed by atoms with Crippen LogP contribution in [0.25, 0.3) is 15.7 Å². The summed E-state index contributed by atoms with van der Waals surface area (Å²) in [7, 11) is 0. The molecule has 0 aromatic carbocycles. The van der Waals surface area contributed by atoms with E-state index in [9.17, 15) is 4.79 Å². The van der Waals surface area contributed by atoms with Crippen LogP contribution in [0, 0.1) is 0 Å². The Hall–Kier alpha value is -1.97. The maximum absolute atomic E-state index is 12.1. The van der Waals surface area contributed by atoms with E-state index in [-0.39, 0.29) is 11.6 Å². The number of nitrogens with zero attached hydrogens (tertiary/aromatic N) is 5. The highest BCUT2D eigenvalue weighted by Crippen LogP contribution is 2.31. The van der Waals surface area contributed by atoms with E-state index in [1.54, 1.807) is 39.8 Å². The van der Waals surface area contributed by atoms with Gasteiger partial charge in [-0.15, -0.1) is 32.9 Å². The molecule has 128 valence electrons. The maximum atomic E-state index is 12.1. The van der Waals surface area contributed by atoms with Crippen molar-refractivity contribution >= 4 is 39.4 Å². The molecule has 0 aliphatic heterocycles. The smallest absolute Gasteiger partial charge is 0.258 e. The molecule has 0 radical (unpaired) electrons. The highest BCUT2D eigenvalue weighted by atomic mass is 32.2. The summed E-state index contributed by atoms with van der Waals surface area (Å²) in [6, 6.07) is 5.89. The number of thioether (sulfide) groups is 1. The Balaban J connectivity index is 1.63. The third-order valence-electron chi connectivity index (χ3n) is 3.63. The third kappa shape index (κ3) is 3.14. The van der Waals surface area contributed by atoms with Crippen LogP contribution < -0.4 is 5.56 Å². The monoisotopic (exact) mass is 389 g/mol. The van der Waals surface area contributed by atoms with Gasteiger partial charge in [-0.2, -0.15) is 0 Å². The summed E-state index contributed by atoms with van der Waals surface area (Å²) in [5.41, 5.74) is 0.708. The molecule has 0 unspecified atom stereocenters. The van der Waals surface area contributed by atoms with Gasteiger partial charge in [-0.1, -0.05) is 17.8 Å². The lowest BCUT2D eigenvalue weighted by Crippen LogP contribution is -2.12. The predicted molar refractivity (Wildman–Crippen MR) is 103 cm³/mol. The van der Waals surface area contributed by atoms with Gasteiger partial charge in [0.25, 0.3) is 5.56 Å². The van der Waals surface area contributed by atoms with Crippen molar-refractivity contribution in [2.75, 3.05) is 0 Å². The van der Waals surface area contributed by atoms with E-state index in [0.717, 1.165) is 21.6 Å². The second-order valence-corrected chi connectivity index (χ2v) is 8.44. The molecular formula is C16H15N5OS3. The number of thiazole rings is 1. The van der Waals surface area contributed by atoms with Crippen molar-refractivity contribution in [1.29, 1.82) is 0 Å². The minimum atomic E-state index is -0.0496. The number of thiophene rings is 1. The van der Waals surface area contributed by atoms with Gasteiger partial charge in [-0.3, -0.25) is 13.8 Å². The van der Waals surface area contributed by atoms with Gasteiger partial charge in [-0.05, 0) is 25.3 Å². The molecule has 0 fully saturated rings. The van der Waals surface area contributed by atoms with Crippen LogP contribution in [-0.2, 0) is 5.75 Å². The van der Waals surface area contributed by atoms with E-state index in [1.807, 2.05) is 16.8 Å². The molecule has 0 aliphatic carbocycles. The van der Waals surface area contributed by atoms with Gasteiger partial charge >= 0.3 is 0 Å². The number of rotatable bonds is 5. The molecule has 0 aliphatic rings. The van der Waals surface area contributed by atoms with Crippen molar-refractivity contribution in [3.8, 4) is 10.7 Å². The summed E-state index contributed by atoms with van der Waals surface area (Å²) in [6.45, 7) is 4.24. The zero-order valence-electron chi connectivity index (χ0n) is 13.6. The Bertz CT molecular complexity index is 1060. The Labute approximate surface area is 156 Å². The molecule has 25 heavy (non-hydrogen) atoms. The SMILES string of the molecule is CC(C)n1c(SCc2cc(=O)n3ccsc3n2)nnc1-c1cccs1. The van der Waals surface area contributed by atoms with E-state index in [1.165, 1.54) is 11.3 Å². The van der Waals surface area contributed by atoms with Gasteiger partial charge in [0, 0.05) is 29.4 Å². The van der Waals surface area contributed by atoms with Gasteiger partial charge < -0.3 is 0 Å². The van der Waals surface area contributed by atoms with Crippen molar-refractivity contribution in [1.82, 2.24) is 24.1 Å². The molecule has 6 nitrogen and oxygen atoms in total. The zero-order chi connectivity index (χ0) is 17.4. The minimum Gasteiger partial charge on any atom is -0.299 e. The number of hydrogen-bond donors (Lipinski definition) is 0. The van der Waals surface area contributed by atoms with E-state index in [0.29, 0.717) is 10.7 Å². The van der Waals surface area contributed by atoms with E-state index in [2.05, 4.69) is 39.7 Å². The van der Waals surface area contributed by atoms with Gasteiger partial charge in [-0.25, -0.2) is 4.98 Å². The average Bonchev–Trinajstić information content (AvgIpc) is 3.31. The fraction of sp³-hybridized carbons (Fsp3) is 0.250. The molecule has 0 saturated heterocycles. The Morgan fingerprint density at radius 2 is 2.12 bits per heavy atom. The van der Waals surface area contributed by atoms with Crippen LogP contribution in [0.2, 0.25) is 0 Å². The molecule has 4 rings (SSSR count). The fourth-order valence-electron chi connectivity index (χ4n) is 2.52. The van der Waals surface area contributed by atoms with Gasteiger partial charge in [0.1, 0.15) is 0 Å². The Kier molecular flexibility index (Phi) is 4.45. The van der Waals surface area contributed by atoms with Crippen LogP contribution in [0.4, 0.5) is 0 Å². The lowest BCUT2D eigenvalue weighted by molar-refractivity contribution is 0.555. The summed E-state index contributed by atoms with van der Waals surface area (Å²) < 4.78 is 3.69. The van der Waals surface area contributed by atoms with Gasteiger partial charge in [0.2, 0.25) is 0 Å². The van der Waals surface area contributed by atoms with Crippen LogP contribution in [0.3, 0.4) is 0 Å². The Morgan fingerprint density at radius 1 is 1.24 bits per heavy atom. The highest BCUT2D eigenvalue weighted by Gasteiger charge is 2.17. The quantitative estimate of drug-likeness (QED) is 0.484. The largest absolute Gasteiger partial charge is 0.299 e. The van der Waals surface area contributed by atoms with Crippen LogP contribution >= 0.6 is 34.4 Å². The molecule has 4 aromatic heterocycles. The molecule has 0 amide bonds. The molecule has 4 aromatic rings. The molecule has 9 heteroatoms. The first-order valence-corrected chi connectivity index (χ1v) is 10.5. The molecule has 0 bridgehead atoms. The summed E-state index contributed by atoms with van der Waals surface area (Å²) in [4.78, 5) is 18.5. The van der Waals surface area contributed by atoms with E-state index >= 15 is 0 Å². The first-order chi connectivity index (χ1) is 12.1. The minimum absolute atomic E-state index is 0.0496. The molecule has 4 heterocycles. The number of hydrogen-bond acceptors (Lipinski definition) is 7. The lowest BCUT2D eigenvalue weighted by atomic mass is 10.3. The van der Waals surface area contributed by atoms with Crippen molar-refractivity contribution in [3.63, 3.8) is 0 Å². The van der Waals surface area contributed by atoms with E-state index < -0.39 is 0 Å². The van der Waals surface area contributed by atoms with Crippen molar-refractivity contribution in [2.24, 2.45) is 0 Å². The molecular weight excluding hydrogens is 374 g/mol. The first-order valence-electron chi connectivity index (χ1n) is 7.71. The Morgan fingerprint density at radius 3 is 2.88 bits per heavy atom. The lowest BCUT2D eigenvalue weighted by Gasteiger charge is -2.12. The fourth-order valence-corrected chi connectivity index (χ4v) is 4.92. The topological polar surface area (TPSA) is 65.1 Å². The average molecular weight is 390 g/mol. The maximum Gasteiger partial charge on any atom is 0.258 e. The highest BCUT2D eigenvalue weighted by molar-refractivity contribution is 7.98. The second-order valence-electron chi connectivity index (χ2n) is 5.68. The van der Waals surface area contributed by atoms with Crippen LogP contribution in [0.15, 0.2) is 45.1 Å².